The van der Waals surface area contributed by atoms with E-state index in [4.69, 9.17) is 11.0 Å². The second kappa shape index (κ2) is 6.26. The molecule has 1 amide bonds. The summed E-state index contributed by atoms with van der Waals surface area (Å²) in [5, 5.41) is 9.04. The highest BCUT2D eigenvalue weighted by atomic mass is 16.1. The number of nitrogens with two attached hydrogens (primary N) is 1. The van der Waals surface area contributed by atoms with E-state index in [0.29, 0.717) is 5.57 Å². The van der Waals surface area contributed by atoms with Gasteiger partial charge in [-0.15, -0.1) is 0 Å². The lowest BCUT2D eigenvalue weighted by molar-refractivity contribution is -0.114. The Hall–Kier alpha value is -2.54. The number of hydrogen-bond donors (Lipinski definition) is 1. The van der Waals surface area contributed by atoms with Gasteiger partial charge in [0, 0.05) is 19.7 Å². The maximum absolute atomic E-state index is 11.3. The third-order valence-electron chi connectivity index (χ3n) is 2.25. The summed E-state index contributed by atoms with van der Waals surface area (Å²) in [6.07, 6.45) is 3.47. The quantitative estimate of drug-likeness (QED) is 0.493. The van der Waals surface area contributed by atoms with Crippen molar-refractivity contribution < 1.29 is 4.79 Å². The average molecular weight is 241 g/mol. The van der Waals surface area contributed by atoms with Crippen molar-refractivity contribution in [2.75, 3.05) is 14.1 Å². The molecule has 0 atom stereocenters. The summed E-state index contributed by atoms with van der Waals surface area (Å²) in [4.78, 5) is 13.1. The molecule has 2 N–H and O–H groups in total. The van der Waals surface area contributed by atoms with Crippen LogP contribution in [0.3, 0.4) is 0 Å². The number of primary amides is 1. The molecule has 0 aliphatic carbocycles. The van der Waals surface area contributed by atoms with Crippen molar-refractivity contribution in [1.29, 1.82) is 5.26 Å². The number of benzene rings is 1. The molecule has 0 unspecified atom stereocenters. The zero-order valence-electron chi connectivity index (χ0n) is 10.4. The van der Waals surface area contributed by atoms with E-state index in [0.717, 1.165) is 5.56 Å². The minimum absolute atomic E-state index is 0.0423. The molecule has 0 aliphatic rings. The molecule has 4 heteroatoms. The van der Waals surface area contributed by atoms with Crippen LogP contribution in [0.25, 0.3) is 5.57 Å². The summed E-state index contributed by atoms with van der Waals surface area (Å²) in [6, 6.07) is 11.1. The molecule has 0 heterocycles. The molecule has 0 radical (unpaired) electrons. The molecule has 0 fully saturated rings. The van der Waals surface area contributed by atoms with Crippen molar-refractivity contribution in [3.8, 4) is 6.07 Å². The van der Waals surface area contributed by atoms with E-state index in [9.17, 15) is 4.79 Å². The summed E-state index contributed by atoms with van der Waals surface area (Å²) in [7, 11) is 3.71. The third-order valence-corrected chi connectivity index (χ3v) is 2.25. The molecule has 0 bridgehead atoms. The Morgan fingerprint density at radius 3 is 2.39 bits per heavy atom. The summed E-state index contributed by atoms with van der Waals surface area (Å²) in [5.41, 5.74) is 6.49. The minimum Gasteiger partial charge on any atom is -0.383 e. The van der Waals surface area contributed by atoms with Crippen LogP contribution in [0.1, 0.15) is 5.56 Å². The Labute approximate surface area is 107 Å². The first-order valence-electron chi connectivity index (χ1n) is 5.40. The fourth-order valence-electron chi connectivity index (χ4n) is 1.41. The lowest BCUT2D eigenvalue weighted by Gasteiger charge is -2.07. The fraction of sp³-hybridized carbons (Fsp3) is 0.143. The predicted molar refractivity (Wildman–Crippen MR) is 71.0 cm³/mol. The topological polar surface area (TPSA) is 70.1 Å². The standard InChI is InChI=1S/C14H15N3O/c1-17(2)9-8-12(13(10-15)14(16)18)11-6-4-3-5-7-11/h3-9H,1-2H3,(H2,16,18)/b9-8+,13-12-. The Balaban J connectivity index is 3.37. The molecule has 0 aliphatic heterocycles. The van der Waals surface area contributed by atoms with Crippen LogP contribution in [0.2, 0.25) is 0 Å². The lowest BCUT2D eigenvalue weighted by atomic mass is 10.00. The van der Waals surface area contributed by atoms with Crippen molar-refractivity contribution in [2.24, 2.45) is 5.73 Å². The number of rotatable bonds is 4. The van der Waals surface area contributed by atoms with E-state index in [-0.39, 0.29) is 5.57 Å². The molecular formula is C14H15N3O. The van der Waals surface area contributed by atoms with E-state index < -0.39 is 5.91 Å². The van der Waals surface area contributed by atoms with Crippen LogP contribution in [0.5, 0.6) is 0 Å². The largest absolute Gasteiger partial charge is 0.383 e. The number of amides is 1. The van der Waals surface area contributed by atoms with Crippen molar-refractivity contribution in [3.05, 3.63) is 53.7 Å². The van der Waals surface area contributed by atoms with Gasteiger partial charge in [0.05, 0.1) is 0 Å². The second-order valence-electron chi connectivity index (χ2n) is 3.91. The molecule has 0 saturated carbocycles. The van der Waals surface area contributed by atoms with Crippen LogP contribution < -0.4 is 5.73 Å². The van der Waals surface area contributed by atoms with Gasteiger partial charge in [-0.05, 0) is 17.8 Å². The summed E-state index contributed by atoms with van der Waals surface area (Å²) in [5.74, 6) is -0.722. The number of allylic oxidation sites excluding steroid dienone is 2. The van der Waals surface area contributed by atoms with Gasteiger partial charge in [0.15, 0.2) is 0 Å². The van der Waals surface area contributed by atoms with Gasteiger partial charge in [-0.1, -0.05) is 30.3 Å². The van der Waals surface area contributed by atoms with Crippen molar-refractivity contribution in [1.82, 2.24) is 4.90 Å². The first-order valence-corrected chi connectivity index (χ1v) is 5.40. The number of hydrogen-bond acceptors (Lipinski definition) is 3. The van der Waals surface area contributed by atoms with Gasteiger partial charge in [0.25, 0.3) is 5.91 Å². The summed E-state index contributed by atoms with van der Waals surface area (Å²) in [6.45, 7) is 0. The molecule has 18 heavy (non-hydrogen) atoms. The Kier molecular flexibility index (Phi) is 4.70. The second-order valence-corrected chi connectivity index (χ2v) is 3.91. The highest BCUT2D eigenvalue weighted by molar-refractivity contribution is 6.05. The smallest absolute Gasteiger partial charge is 0.259 e. The van der Waals surface area contributed by atoms with Gasteiger partial charge in [-0.2, -0.15) is 5.26 Å². The fourth-order valence-corrected chi connectivity index (χ4v) is 1.41. The van der Waals surface area contributed by atoms with E-state index in [1.165, 1.54) is 0 Å². The number of nitriles is 1. The SMILES string of the molecule is CN(C)/C=C/C(=C(\C#N)C(N)=O)c1ccccc1. The van der Waals surface area contributed by atoms with E-state index in [1.807, 2.05) is 55.4 Å². The van der Waals surface area contributed by atoms with Crippen LogP contribution in [-0.4, -0.2) is 24.9 Å². The monoisotopic (exact) mass is 241 g/mol. The van der Waals surface area contributed by atoms with Crippen LogP contribution in [0.4, 0.5) is 0 Å². The van der Waals surface area contributed by atoms with Crippen LogP contribution >= 0.6 is 0 Å². The molecule has 1 rings (SSSR count). The molecule has 0 saturated heterocycles. The van der Waals surface area contributed by atoms with Crippen LogP contribution in [0.15, 0.2) is 48.2 Å². The van der Waals surface area contributed by atoms with E-state index in [2.05, 4.69) is 0 Å². The molecule has 0 spiro atoms. The zero-order valence-corrected chi connectivity index (χ0v) is 10.4. The van der Waals surface area contributed by atoms with Crippen LogP contribution in [0, 0.1) is 11.3 Å². The first kappa shape index (κ1) is 13.5. The normalized spacial score (nSPS) is 11.8. The number of carbonyl (C=O) groups is 1. The van der Waals surface area contributed by atoms with Gasteiger partial charge < -0.3 is 10.6 Å². The van der Waals surface area contributed by atoms with Gasteiger partial charge >= 0.3 is 0 Å². The van der Waals surface area contributed by atoms with Gasteiger partial charge in [-0.3, -0.25) is 4.79 Å². The van der Waals surface area contributed by atoms with Crippen LogP contribution in [-0.2, 0) is 4.79 Å². The van der Waals surface area contributed by atoms with Crippen molar-refractivity contribution >= 4 is 11.5 Å². The van der Waals surface area contributed by atoms with E-state index in [1.54, 1.807) is 12.3 Å². The zero-order chi connectivity index (χ0) is 13.5. The van der Waals surface area contributed by atoms with Gasteiger partial charge in [0.2, 0.25) is 0 Å². The molecule has 4 nitrogen and oxygen atoms in total. The van der Waals surface area contributed by atoms with Crippen molar-refractivity contribution in [2.45, 2.75) is 0 Å². The highest BCUT2D eigenvalue weighted by Gasteiger charge is 2.11. The summed E-state index contributed by atoms with van der Waals surface area (Å²) >= 11 is 0. The maximum Gasteiger partial charge on any atom is 0.259 e. The Morgan fingerprint density at radius 1 is 1.33 bits per heavy atom. The summed E-state index contributed by atoms with van der Waals surface area (Å²) < 4.78 is 0. The lowest BCUT2D eigenvalue weighted by Crippen LogP contribution is -2.14. The molecular weight excluding hydrogens is 226 g/mol. The predicted octanol–water partition coefficient (Wildman–Crippen LogP) is 1.52. The van der Waals surface area contributed by atoms with E-state index >= 15 is 0 Å². The number of nitrogens with zero attached hydrogens (tertiary/aromatic N) is 2. The number of carbonyl (C=O) groups excluding carboxylic acids is 1. The molecule has 1 aromatic rings. The Bertz CT molecular complexity index is 522. The Morgan fingerprint density at radius 2 is 1.94 bits per heavy atom. The minimum atomic E-state index is -0.722. The average Bonchev–Trinajstić information content (AvgIpc) is 2.34. The molecule has 92 valence electrons. The third kappa shape index (κ3) is 3.49. The first-order chi connectivity index (χ1) is 8.56. The van der Waals surface area contributed by atoms with Gasteiger partial charge in [-0.25, -0.2) is 0 Å². The molecule has 1 aromatic carbocycles. The van der Waals surface area contributed by atoms with Crippen molar-refractivity contribution in [3.63, 3.8) is 0 Å². The maximum atomic E-state index is 11.3. The molecule has 0 aromatic heterocycles. The van der Waals surface area contributed by atoms with Gasteiger partial charge in [0.1, 0.15) is 11.6 Å². The highest BCUT2D eigenvalue weighted by Crippen LogP contribution is 2.20.